The standard InChI is InChI=1S/C48H31N3O2/c52-51(53)37-30-40(32-14-4-1-5-15-32)48(41(31-37)33-16-6-2-7-17-33)50-45-23-13-11-21-39(45)43-29-35(25-27-47(43)50)34-24-26-46-42(28-34)38-20-10-12-22-44(38)49(46)36-18-8-3-9-19-36/h1-6,8-12,14-16,18-22,24-31H,13,23H2. The monoisotopic (exact) mass is 681 g/mol. The van der Waals surface area contributed by atoms with Crippen LogP contribution < -0.4 is 0 Å². The van der Waals surface area contributed by atoms with Gasteiger partial charge in [-0.25, -0.2) is 0 Å². The topological polar surface area (TPSA) is 53.0 Å². The molecule has 0 amide bonds. The minimum absolute atomic E-state index is 0.0383. The van der Waals surface area contributed by atoms with E-state index in [1.165, 1.54) is 33.1 Å². The maximum atomic E-state index is 12.4. The van der Waals surface area contributed by atoms with Gasteiger partial charge in [0.2, 0.25) is 0 Å². The third kappa shape index (κ3) is 4.96. The highest BCUT2D eigenvalue weighted by atomic mass is 16.6. The van der Waals surface area contributed by atoms with Crippen molar-refractivity contribution in [3.8, 4) is 44.8 Å². The van der Waals surface area contributed by atoms with Gasteiger partial charge in [-0.05, 0) is 84.1 Å². The fourth-order valence-corrected chi connectivity index (χ4v) is 8.18. The van der Waals surface area contributed by atoms with E-state index in [-0.39, 0.29) is 10.6 Å². The van der Waals surface area contributed by atoms with Crippen molar-refractivity contribution in [2.75, 3.05) is 0 Å². The van der Waals surface area contributed by atoms with Crippen LogP contribution in [0.15, 0.2) is 158 Å². The summed E-state index contributed by atoms with van der Waals surface area (Å²) in [6.45, 7) is 0. The molecule has 5 nitrogen and oxygen atoms in total. The van der Waals surface area contributed by atoms with Gasteiger partial charge in [0, 0.05) is 61.9 Å². The summed E-state index contributed by atoms with van der Waals surface area (Å²) in [5.74, 6) is 0. The average molecular weight is 682 g/mol. The van der Waals surface area contributed by atoms with Gasteiger partial charge in [-0.3, -0.25) is 10.1 Å². The molecule has 53 heavy (non-hydrogen) atoms. The fourth-order valence-electron chi connectivity index (χ4n) is 8.18. The van der Waals surface area contributed by atoms with E-state index in [0.29, 0.717) is 0 Å². The first-order valence-electron chi connectivity index (χ1n) is 17.8. The van der Waals surface area contributed by atoms with Crippen molar-refractivity contribution < 1.29 is 4.92 Å². The van der Waals surface area contributed by atoms with E-state index in [9.17, 15) is 10.1 Å². The molecule has 0 bridgehead atoms. The lowest BCUT2D eigenvalue weighted by Crippen LogP contribution is -2.07. The fraction of sp³-hybridized carbons (Fsp3) is 0.0417. The Morgan fingerprint density at radius 2 is 1.28 bits per heavy atom. The van der Waals surface area contributed by atoms with Gasteiger partial charge in [0.15, 0.2) is 0 Å². The van der Waals surface area contributed by atoms with Crippen molar-refractivity contribution in [2.24, 2.45) is 0 Å². The molecule has 0 spiro atoms. The lowest BCUT2D eigenvalue weighted by Gasteiger charge is -2.21. The van der Waals surface area contributed by atoms with Crippen LogP contribution in [0.25, 0.3) is 83.5 Å². The van der Waals surface area contributed by atoms with Crippen molar-refractivity contribution in [3.63, 3.8) is 0 Å². The molecule has 7 aromatic carbocycles. The summed E-state index contributed by atoms with van der Waals surface area (Å²) in [6, 6.07) is 58.0. The van der Waals surface area contributed by atoms with Crippen molar-refractivity contribution in [1.29, 1.82) is 0 Å². The minimum Gasteiger partial charge on any atom is -0.312 e. The summed E-state index contributed by atoms with van der Waals surface area (Å²) in [4.78, 5) is 12.1. The third-order valence-corrected chi connectivity index (χ3v) is 10.5. The van der Waals surface area contributed by atoms with E-state index >= 15 is 0 Å². The molecule has 250 valence electrons. The number of rotatable bonds is 6. The lowest BCUT2D eigenvalue weighted by molar-refractivity contribution is -0.384. The van der Waals surface area contributed by atoms with Crippen molar-refractivity contribution in [3.05, 3.63) is 191 Å². The number of nitrogens with zero attached hydrogens (tertiary/aromatic N) is 3. The molecular weight excluding hydrogens is 651 g/mol. The highest BCUT2D eigenvalue weighted by Crippen LogP contribution is 2.45. The number of para-hydroxylation sites is 2. The first-order chi connectivity index (χ1) is 26.1. The molecule has 0 aliphatic heterocycles. The summed E-state index contributed by atoms with van der Waals surface area (Å²) in [6.07, 6.45) is 6.24. The van der Waals surface area contributed by atoms with Crippen LogP contribution in [0.2, 0.25) is 0 Å². The largest absolute Gasteiger partial charge is 0.312 e. The Morgan fingerprint density at radius 1 is 0.604 bits per heavy atom. The van der Waals surface area contributed by atoms with Gasteiger partial charge >= 0.3 is 0 Å². The molecule has 9 aromatic rings. The Labute approximate surface area is 306 Å². The Balaban J connectivity index is 1.22. The second-order valence-electron chi connectivity index (χ2n) is 13.5. The van der Waals surface area contributed by atoms with Crippen LogP contribution in [0, 0.1) is 22.2 Å². The van der Waals surface area contributed by atoms with Gasteiger partial charge < -0.3 is 9.13 Å². The average Bonchev–Trinajstić information content (AvgIpc) is 3.73. The number of hydrogen-bond acceptors (Lipinski definition) is 2. The molecule has 0 saturated heterocycles. The number of nitro benzene ring substituents is 1. The molecular formula is C48H31N3O2. The first kappa shape index (κ1) is 30.6. The molecule has 1 aliphatic carbocycles. The molecule has 2 aromatic heterocycles. The zero-order valence-corrected chi connectivity index (χ0v) is 28.7. The maximum absolute atomic E-state index is 12.4. The Morgan fingerprint density at radius 3 is 2.04 bits per heavy atom. The molecule has 1 aliphatic rings. The highest BCUT2D eigenvalue weighted by molar-refractivity contribution is 6.11. The van der Waals surface area contributed by atoms with Gasteiger partial charge in [0.25, 0.3) is 5.69 Å². The molecule has 5 heteroatoms. The smallest absolute Gasteiger partial charge is 0.270 e. The minimum atomic E-state index is -0.307. The van der Waals surface area contributed by atoms with Gasteiger partial charge in [0.05, 0.1) is 27.2 Å². The van der Waals surface area contributed by atoms with Crippen LogP contribution >= 0.6 is 0 Å². The van der Waals surface area contributed by atoms with Crippen molar-refractivity contribution >= 4 is 44.5 Å². The van der Waals surface area contributed by atoms with E-state index in [2.05, 4.69) is 124 Å². The van der Waals surface area contributed by atoms with Crippen LogP contribution in [0.4, 0.5) is 5.69 Å². The third-order valence-electron chi connectivity index (χ3n) is 10.5. The van der Waals surface area contributed by atoms with Gasteiger partial charge in [-0.15, -0.1) is 0 Å². The van der Waals surface area contributed by atoms with Crippen molar-refractivity contribution in [2.45, 2.75) is 12.8 Å². The molecule has 0 N–H and O–H groups in total. The summed E-state index contributed by atoms with van der Waals surface area (Å²) < 4.78 is 4.68. The van der Waals surface area contributed by atoms with Crippen molar-refractivity contribution in [1.82, 2.24) is 9.13 Å². The van der Waals surface area contributed by atoms with Crippen LogP contribution in [0.3, 0.4) is 0 Å². The molecule has 0 radical (unpaired) electrons. The quantitative estimate of drug-likeness (QED) is 0.130. The highest BCUT2D eigenvalue weighted by Gasteiger charge is 2.26. The molecule has 0 atom stereocenters. The normalized spacial score (nSPS) is 12.3. The number of aromatic nitrogens is 2. The summed E-state index contributed by atoms with van der Waals surface area (Å²) in [5, 5.41) is 16.0. The predicted molar refractivity (Wildman–Crippen MR) is 216 cm³/mol. The second-order valence-corrected chi connectivity index (χ2v) is 13.5. The molecule has 0 fully saturated rings. The Bertz CT molecular complexity index is 2840. The van der Waals surface area contributed by atoms with E-state index in [1.54, 1.807) is 18.2 Å². The molecule has 0 saturated carbocycles. The number of hydrogen-bond donors (Lipinski definition) is 0. The summed E-state index contributed by atoms with van der Waals surface area (Å²) in [7, 11) is 0. The number of fused-ring (bicyclic) bond motifs is 6. The number of allylic oxidation sites excluding steroid dienone is 1. The number of non-ortho nitro benzene ring substituents is 1. The predicted octanol–water partition coefficient (Wildman–Crippen LogP) is 12.2. The van der Waals surface area contributed by atoms with Crippen LogP contribution in [0.1, 0.15) is 17.7 Å². The number of benzene rings is 6. The van der Waals surface area contributed by atoms with Crippen LogP contribution in [0.5, 0.6) is 0 Å². The molecule has 2 heterocycles. The van der Waals surface area contributed by atoms with E-state index in [1.807, 2.05) is 42.5 Å². The molecule has 0 unspecified atom stereocenters. The first-order valence-corrected chi connectivity index (χ1v) is 17.8. The second kappa shape index (κ2) is 12.3. The lowest BCUT2D eigenvalue weighted by atomic mass is 9.94. The van der Waals surface area contributed by atoms with E-state index in [0.717, 1.165) is 68.5 Å². The maximum Gasteiger partial charge on any atom is 0.270 e. The zero-order valence-electron chi connectivity index (χ0n) is 28.7. The summed E-state index contributed by atoms with van der Waals surface area (Å²) >= 11 is 0. The van der Waals surface area contributed by atoms with Gasteiger partial charge in [-0.1, -0.05) is 109 Å². The van der Waals surface area contributed by atoms with E-state index < -0.39 is 0 Å². The van der Waals surface area contributed by atoms with E-state index in [4.69, 9.17) is 0 Å². The molecule has 10 rings (SSSR count). The van der Waals surface area contributed by atoms with Gasteiger partial charge in [0.1, 0.15) is 0 Å². The summed E-state index contributed by atoms with van der Waals surface area (Å²) in [5.41, 5.74) is 13.3. The number of nitro groups is 1. The van der Waals surface area contributed by atoms with Gasteiger partial charge in [-0.2, -0.15) is 0 Å². The van der Waals surface area contributed by atoms with Crippen LogP contribution in [-0.2, 0) is 6.42 Å². The SMILES string of the molecule is O=[N+]([O-])c1cc(-c2c#cccc2)c(-n2c3c(c4cc(-c5ccc6c(c5)c5ccccc5n6-c5ccccc5)ccc42)C=CCC3)c(-c2ccccc2)c1. The van der Waals surface area contributed by atoms with Crippen LogP contribution in [-0.4, -0.2) is 14.1 Å². The zero-order chi connectivity index (χ0) is 35.5. The Kier molecular flexibility index (Phi) is 7.09. The Hall–Kier alpha value is -7.16.